The zero-order valence-corrected chi connectivity index (χ0v) is 12.5. The van der Waals surface area contributed by atoms with Crippen molar-refractivity contribution >= 4 is 24.3 Å². The van der Waals surface area contributed by atoms with Gasteiger partial charge in [0.25, 0.3) is 0 Å². The van der Waals surface area contributed by atoms with E-state index in [9.17, 15) is 9.59 Å². The fourth-order valence-corrected chi connectivity index (χ4v) is 2.24. The van der Waals surface area contributed by atoms with Gasteiger partial charge in [-0.25, -0.2) is 0 Å². The molecule has 6 heteroatoms. The van der Waals surface area contributed by atoms with E-state index in [0.29, 0.717) is 26.1 Å². The molecule has 1 amide bonds. The Balaban J connectivity index is 0.00000324. The molecule has 0 aromatic heterocycles. The van der Waals surface area contributed by atoms with Crippen molar-refractivity contribution in [1.82, 2.24) is 10.2 Å². The van der Waals surface area contributed by atoms with Crippen LogP contribution < -0.4 is 5.32 Å². The van der Waals surface area contributed by atoms with Gasteiger partial charge in [0.1, 0.15) is 0 Å². The summed E-state index contributed by atoms with van der Waals surface area (Å²) in [5.74, 6) is -1.06. The minimum atomic E-state index is -0.756. The number of nitrogens with zero attached hydrogens (tertiary/aromatic N) is 1. The largest absolute Gasteiger partial charge is 0.481 e. The molecule has 2 unspecified atom stereocenters. The second-order valence-electron chi connectivity index (χ2n) is 4.99. The van der Waals surface area contributed by atoms with Crippen LogP contribution in [0.1, 0.15) is 39.5 Å². The van der Waals surface area contributed by atoms with Crippen molar-refractivity contribution in [3.05, 3.63) is 0 Å². The molecule has 0 saturated carbocycles. The quantitative estimate of drug-likeness (QED) is 0.698. The van der Waals surface area contributed by atoms with Crippen molar-refractivity contribution < 1.29 is 14.7 Å². The van der Waals surface area contributed by atoms with Crippen molar-refractivity contribution in [1.29, 1.82) is 0 Å². The molecule has 112 valence electrons. The molecule has 1 aliphatic rings. The number of hydrogen-bond donors (Lipinski definition) is 2. The fraction of sp³-hybridized carbons (Fsp3) is 0.846. The number of amides is 1. The number of hydrogen-bond acceptors (Lipinski definition) is 3. The Morgan fingerprint density at radius 1 is 1.42 bits per heavy atom. The van der Waals surface area contributed by atoms with Gasteiger partial charge in [0.2, 0.25) is 5.91 Å². The number of halogens is 1. The predicted octanol–water partition coefficient (Wildman–Crippen LogP) is 1.51. The van der Waals surface area contributed by atoms with Crippen molar-refractivity contribution in [2.75, 3.05) is 19.6 Å². The van der Waals surface area contributed by atoms with Gasteiger partial charge in [-0.3, -0.25) is 14.5 Å². The maximum atomic E-state index is 11.9. The average molecular weight is 293 g/mol. The number of unbranched alkanes of at least 4 members (excludes halogenated alkanes) is 2. The summed E-state index contributed by atoms with van der Waals surface area (Å²) in [4.78, 5) is 24.7. The molecule has 0 aromatic rings. The van der Waals surface area contributed by atoms with Gasteiger partial charge >= 0.3 is 5.97 Å². The monoisotopic (exact) mass is 292 g/mol. The van der Waals surface area contributed by atoms with E-state index in [0.717, 1.165) is 19.3 Å². The topological polar surface area (TPSA) is 69.6 Å². The van der Waals surface area contributed by atoms with Crippen molar-refractivity contribution in [2.24, 2.45) is 5.92 Å². The highest BCUT2D eigenvalue weighted by atomic mass is 35.5. The molecule has 0 radical (unpaired) electrons. The molecule has 0 aliphatic carbocycles. The number of likely N-dealkylation sites (tertiary alicyclic amines) is 1. The van der Waals surface area contributed by atoms with Gasteiger partial charge in [-0.1, -0.05) is 19.8 Å². The third kappa shape index (κ3) is 5.78. The van der Waals surface area contributed by atoms with E-state index in [1.807, 2.05) is 11.8 Å². The van der Waals surface area contributed by atoms with Crippen molar-refractivity contribution in [2.45, 2.75) is 45.6 Å². The van der Waals surface area contributed by atoms with Crippen LogP contribution in [0.4, 0.5) is 0 Å². The number of carbonyl (C=O) groups is 2. The second-order valence-corrected chi connectivity index (χ2v) is 4.99. The van der Waals surface area contributed by atoms with Crippen LogP contribution in [-0.4, -0.2) is 47.6 Å². The van der Waals surface area contributed by atoms with Crippen LogP contribution in [-0.2, 0) is 9.59 Å². The lowest BCUT2D eigenvalue weighted by atomic mass is 10.1. The number of carbonyl (C=O) groups excluding carboxylic acids is 1. The van der Waals surface area contributed by atoms with Gasteiger partial charge in [-0.2, -0.15) is 0 Å². The molecule has 1 rings (SSSR count). The summed E-state index contributed by atoms with van der Waals surface area (Å²) < 4.78 is 0. The fourth-order valence-electron chi connectivity index (χ4n) is 2.24. The summed E-state index contributed by atoms with van der Waals surface area (Å²) in [6.45, 7) is 5.87. The summed E-state index contributed by atoms with van der Waals surface area (Å²) in [7, 11) is 0. The lowest BCUT2D eigenvalue weighted by Crippen LogP contribution is -2.44. The van der Waals surface area contributed by atoms with E-state index in [4.69, 9.17) is 5.11 Å². The summed E-state index contributed by atoms with van der Waals surface area (Å²) in [5, 5.41) is 11.8. The zero-order valence-electron chi connectivity index (χ0n) is 11.7. The van der Waals surface area contributed by atoms with Crippen LogP contribution in [0.5, 0.6) is 0 Å². The van der Waals surface area contributed by atoms with Crippen LogP contribution in [0, 0.1) is 5.92 Å². The highest BCUT2D eigenvalue weighted by molar-refractivity contribution is 5.85. The number of carboxylic acid groups (broad SMARTS) is 1. The minimum Gasteiger partial charge on any atom is -0.481 e. The van der Waals surface area contributed by atoms with Gasteiger partial charge in [0.15, 0.2) is 0 Å². The number of aliphatic carboxylic acids is 1. The Morgan fingerprint density at radius 3 is 2.63 bits per heavy atom. The lowest BCUT2D eigenvalue weighted by molar-refractivity contribution is -0.141. The first-order valence-electron chi connectivity index (χ1n) is 6.80. The van der Waals surface area contributed by atoms with Gasteiger partial charge in [-0.15, -0.1) is 12.4 Å². The summed E-state index contributed by atoms with van der Waals surface area (Å²) in [5.41, 5.74) is 0. The normalized spacial score (nSPS) is 20.6. The maximum Gasteiger partial charge on any atom is 0.307 e. The van der Waals surface area contributed by atoms with E-state index < -0.39 is 5.97 Å². The van der Waals surface area contributed by atoms with E-state index in [1.54, 1.807) is 0 Å². The maximum absolute atomic E-state index is 11.9. The molecule has 1 fully saturated rings. The Labute approximate surface area is 121 Å². The first-order chi connectivity index (χ1) is 8.56. The SMILES string of the molecule is CCCCCNC(=O)C(C)N1CCC(C(=O)O)C1.Cl. The third-order valence-electron chi connectivity index (χ3n) is 3.58. The summed E-state index contributed by atoms with van der Waals surface area (Å²) in [6, 6.07) is -0.226. The minimum absolute atomic E-state index is 0. The van der Waals surface area contributed by atoms with Crippen molar-refractivity contribution in [3.8, 4) is 0 Å². The molecular formula is C13H25ClN2O3. The van der Waals surface area contributed by atoms with Gasteiger partial charge < -0.3 is 10.4 Å². The van der Waals surface area contributed by atoms with Crippen LogP contribution in [0.25, 0.3) is 0 Å². The molecule has 1 saturated heterocycles. The summed E-state index contributed by atoms with van der Waals surface area (Å²) >= 11 is 0. The predicted molar refractivity (Wildman–Crippen MR) is 76.6 cm³/mol. The van der Waals surface area contributed by atoms with Crippen molar-refractivity contribution in [3.63, 3.8) is 0 Å². The van der Waals surface area contributed by atoms with E-state index in [2.05, 4.69) is 12.2 Å². The molecule has 0 spiro atoms. The first kappa shape index (κ1) is 18.2. The van der Waals surface area contributed by atoms with Gasteiger partial charge in [0.05, 0.1) is 12.0 Å². The Bertz CT molecular complexity index is 300. The molecule has 0 bridgehead atoms. The van der Waals surface area contributed by atoms with Gasteiger partial charge in [0, 0.05) is 13.1 Å². The lowest BCUT2D eigenvalue weighted by Gasteiger charge is -2.23. The molecular weight excluding hydrogens is 268 g/mol. The highest BCUT2D eigenvalue weighted by Gasteiger charge is 2.32. The van der Waals surface area contributed by atoms with Crippen LogP contribution in [0.2, 0.25) is 0 Å². The highest BCUT2D eigenvalue weighted by Crippen LogP contribution is 2.18. The molecule has 1 aliphatic heterocycles. The van der Waals surface area contributed by atoms with Gasteiger partial charge in [-0.05, 0) is 26.3 Å². The second kappa shape index (κ2) is 9.15. The number of carboxylic acids is 1. The molecule has 2 N–H and O–H groups in total. The average Bonchev–Trinajstić information content (AvgIpc) is 2.83. The number of nitrogens with one attached hydrogen (secondary N) is 1. The first-order valence-corrected chi connectivity index (χ1v) is 6.80. The molecule has 5 nitrogen and oxygen atoms in total. The Hall–Kier alpha value is -0.810. The number of rotatable bonds is 7. The standard InChI is InChI=1S/C13H24N2O3.ClH/c1-3-4-5-7-14-12(16)10(2)15-8-6-11(9-15)13(17)18;/h10-11H,3-9H2,1-2H3,(H,14,16)(H,17,18);1H. The molecule has 19 heavy (non-hydrogen) atoms. The zero-order chi connectivity index (χ0) is 13.5. The van der Waals surface area contributed by atoms with Crippen LogP contribution in [0.3, 0.4) is 0 Å². The summed E-state index contributed by atoms with van der Waals surface area (Å²) in [6.07, 6.45) is 3.91. The molecule has 2 atom stereocenters. The molecule has 1 heterocycles. The Morgan fingerprint density at radius 2 is 2.11 bits per heavy atom. The molecule has 0 aromatic carbocycles. The van der Waals surface area contributed by atoms with E-state index in [1.165, 1.54) is 0 Å². The Kier molecular flexibility index (Phi) is 8.76. The van der Waals surface area contributed by atoms with E-state index in [-0.39, 0.29) is 30.3 Å². The third-order valence-corrected chi connectivity index (χ3v) is 3.58. The smallest absolute Gasteiger partial charge is 0.307 e. The van der Waals surface area contributed by atoms with E-state index >= 15 is 0 Å². The van der Waals surface area contributed by atoms with Crippen LogP contribution in [0.15, 0.2) is 0 Å². The van der Waals surface area contributed by atoms with Crippen LogP contribution >= 0.6 is 12.4 Å².